The number of rotatable bonds is 5. The number of benzene rings is 1. The fraction of sp³-hybridized carbons (Fsp3) is 0.500. The molecule has 1 aliphatic rings. The molecule has 0 amide bonds. The van der Waals surface area contributed by atoms with Crippen LogP contribution >= 0.6 is 0 Å². The van der Waals surface area contributed by atoms with E-state index >= 15 is 0 Å². The van der Waals surface area contributed by atoms with Crippen molar-refractivity contribution in [3.8, 4) is 0 Å². The lowest BCUT2D eigenvalue weighted by Gasteiger charge is -2.26. The van der Waals surface area contributed by atoms with E-state index in [2.05, 4.69) is 0 Å². The summed E-state index contributed by atoms with van der Waals surface area (Å²) in [5, 5.41) is 8.68. The van der Waals surface area contributed by atoms with Gasteiger partial charge in [0.15, 0.2) is 0 Å². The maximum atomic E-state index is 12.5. The minimum Gasteiger partial charge on any atom is -0.481 e. The number of aryl methyl sites for hydroxylation is 1. The Kier molecular flexibility index (Phi) is 4.77. The van der Waals surface area contributed by atoms with E-state index < -0.39 is 16.0 Å². The molecule has 0 unspecified atom stereocenters. The predicted octanol–water partition coefficient (Wildman–Crippen LogP) is 1.88. The second-order valence-electron chi connectivity index (χ2n) is 5.01. The Bertz CT molecular complexity index is 577. The molecule has 1 aromatic rings. The fourth-order valence-electron chi connectivity index (χ4n) is 2.37. The van der Waals surface area contributed by atoms with Crippen molar-refractivity contribution in [2.45, 2.75) is 37.0 Å². The second-order valence-corrected chi connectivity index (χ2v) is 6.94. The molecule has 5 nitrogen and oxygen atoms in total. The average molecular weight is 297 g/mol. The average Bonchev–Trinajstić information content (AvgIpc) is 2.46. The molecule has 1 aromatic carbocycles. The highest BCUT2D eigenvalue weighted by Crippen LogP contribution is 2.21. The summed E-state index contributed by atoms with van der Waals surface area (Å²) in [6.07, 6.45) is 3.23. The van der Waals surface area contributed by atoms with Crippen LogP contribution in [0.3, 0.4) is 0 Å². The third-order valence-electron chi connectivity index (χ3n) is 3.48. The van der Waals surface area contributed by atoms with Gasteiger partial charge in [-0.15, -0.1) is 0 Å². The first-order chi connectivity index (χ1) is 9.50. The number of piperidine rings is 1. The number of nitrogens with zero attached hydrogens (tertiary/aromatic N) is 1. The molecule has 0 radical (unpaired) electrons. The molecule has 1 aliphatic heterocycles. The van der Waals surface area contributed by atoms with E-state index in [1.807, 2.05) is 0 Å². The Hall–Kier alpha value is -1.40. The van der Waals surface area contributed by atoms with Crippen LogP contribution in [0.1, 0.15) is 31.2 Å². The monoisotopic (exact) mass is 297 g/mol. The van der Waals surface area contributed by atoms with E-state index in [0.29, 0.717) is 19.5 Å². The molecule has 0 aromatic heterocycles. The molecule has 1 N–H and O–H groups in total. The molecule has 2 rings (SSSR count). The molecule has 6 heteroatoms. The summed E-state index contributed by atoms with van der Waals surface area (Å²) in [6, 6.07) is 6.60. The van der Waals surface area contributed by atoms with Crippen molar-refractivity contribution in [3.63, 3.8) is 0 Å². The SMILES string of the molecule is O=C(O)CCc1cccc(S(=O)(=O)N2CCCCC2)c1. The highest BCUT2D eigenvalue weighted by molar-refractivity contribution is 7.89. The molecule has 0 spiro atoms. The molecule has 0 bridgehead atoms. The Morgan fingerprint density at radius 2 is 1.90 bits per heavy atom. The van der Waals surface area contributed by atoms with E-state index in [0.717, 1.165) is 24.8 Å². The highest BCUT2D eigenvalue weighted by atomic mass is 32.2. The Balaban J connectivity index is 2.18. The normalized spacial score (nSPS) is 17.0. The van der Waals surface area contributed by atoms with Gasteiger partial charge in [0, 0.05) is 19.5 Å². The van der Waals surface area contributed by atoms with Crippen LogP contribution in [0, 0.1) is 0 Å². The summed E-state index contributed by atoms with van der Waals surface area (Å²) in [5.74, 6) is -0.880. The number of sulfonamides is 1. The number of hydrogen-bond donors (Lipinski definition) is 1. The lowest BCUT2D eigenvalue weighted by molar-refractivity contribution is -0.136. The van der Waals surface area contributed by atoms with E-state index in [1.165, 1.54) is 4.31 Å². The summed E-state index contributed by atoms with van der Waals surface area (Å²) >= 11 is 0. The van der Waals surface area contributed by atoms with Gasteiger partial charge >= 0.3 is 5.97 Å². The lowest BCUT2D eigenvalue weighted by Crippen LogP contribution is -2.35. The van der Waals surface area contributed by atoms with Crippen LogP contribution in [0.4, 0.5) is 0 Å². The third-order valence-corrected chi connectivity index (χ3v) is 5.37. The Labute approximate surface area is 119 Å². The molecular weight excluding hydrogens is 278 g/mol. The summed E-state index contributed by atoms with van der Waals surface area (Å²) < 4.78 is 26.5. The van der Waals surface area contributed by atoms with Gasteiger partial charge in [0.05, 0.1) is 4.90 Å². The van der Waals surface area contributed by atoms with E-state index in [1.54, 1.807) is 24.3 Å². The Morgan fingerprint density at radius 3 is 2.55 bits per heavy atom. The predicted molar refractivity (Wildman–Crippen MR) is 75.0 cm³/mol. The van der Waals surface area contributed by atoms with E-state index in [4.69, 9.17) is 5.11 Å². The molecular formula is C14H19NO4S. The van der Waals surface area contributed by atoms with Crippen molar-refractivity contribution < 1.29 is 18.3 Å². The van der Waals surface area contributed by atoms with Crippen LogP contribution in [0.5, 0.6) is 0 Å². The molecule has 0 aliphatic carbocycles. The molecule has 20 heavy (non-hydrogen) atoms. The first-order valence-corrected chi connectivity index (χ1v) is 8.25. The van der Waals surface area contributed by atoms with Gasteiger partial charge in [-0.1, -0.05) is 18.6 Å². The van der Waals surface area contributed by atoms with Crippen LogP contribution in [-0.4, -0.2) is 36.9 Å². The van der Waals surface area contributed by atoms with Crippen LogP contribution in [-0.2, 0) is 21.2 Å². The van der Waals surface area contributed by atoms with Crippen molar-refractivity contribution in [2.24, 2.45) is 0 Å². The zero-order valence-electron chi connectivity index (χ0n) is 11.3. The summed E-state index contributed by atoms with van der Waals surface area (Å²) in [6.45, 7) is 1.14. The summed E-state index contributed by atoms with van der Waals surface area (Å²) in [7, 11) is -3.44. The van der Waals surface area contributed by atoms with Crippen LogP contribution < -0.4 is 0 Å². The number of carboxylic acids is 1. The van der Waals surface area contributed by atoms with Crippen molar-refractivity contribution in [2.75, 3.05) is 13.1 Å². The fourth-order valence-corrected chi connectivity index (χ4v) is 3.95. The topological polar surface area (TPSA) is 74.7 Å². The van der Waals surface area contributed by atoms with Crippen molar-refractivity contribution in [3.05, 3.63) is 29.8 Å². The second kappa shape index (κ2) is 6.37. The smallest absolute Gasteiger partial charge is 0.303 e. The molecule has 0 atom stereocenters. The van der Waals surface area contributed by atoms with Crippen molar-refractivity contribution in [1.29, 1.82) is 0 Å². The lowest BCUT2D eigenvalue weighted by atomic mass is 10.1. The third kappa shape index (κ3) is 3.58. The number of aliphatic carboxylic acids is 1. The number of carbonyl (C=O) groups is 1. The maximum absolute atomic E-state index is 12.5. The van der Waals surface area contributed by atoms with E-state index in [9.17, 15) is 13.2 Å². The summed E-state index contributed by atoms with van der Waals surface area (Å²) in [4.78, 5) is 10.8. The van der Waals surface area contributed by atoms with Crippen molar-refractivity contribution in [1.82, 2.24) is 4.31 Å². The number of carboxylic acid groups (broad SMARTS) is 1. The quantitative estimate of drug-likeness (QED) is 0.900. The largest absolute Gasteiger partial charge is 0.481 e. The van der Waals surface area contributed by atoms with Crippen molar-refractivity contribution >= 4 is 16.0 Å². The van der Waals surface area contributed by atoms with Gasteiger partial charge in [-0.05, 0) is 37.0 Å². The van der Waals surface area contributed by atoms with Crippen LogP contribution in [0.25, 0.3) is 0 Å². The maximum Gasteiger partial charge on any atom is 0.303 e. The van der Waals surface area contributed by atoms with E-state index in [-0.39, 0.29) is 11.3 Å². The minimum atomic E-state index is -3.44. The Morgan fingerprint density at radius 1 is 1.20 bits per heavy atom. The van der Waals surface area contributed by atoms with Gasteiger partial charge in [0.1, 0.15) is 0 Å². The molecule has 1 heterocycles. The molecule has 1 saturated heterocycles. The van der Waals surface area contributed by atoms with Gasteiger partial charge in [0.2, 0.25) is 10.0 Å². The van der Waals surface area contributed by atoms with Crippen LogP contribution in [0.15, 0.2) is 29.2 Å². The zero-order chi connectivity index (χ0) is 14.6. The van der Waals surface area contributed by atoms with Gasteiger partial charge in [-0.3, -0.25) is 4.79 Å². The highest BCUT2D eigenvalue weighted by Gasteiger charge is 2.25. The van der Waals surface area contributed by atoms with Gasteiger partial charge in [-0.25, -0.2) is 8.42 Å². The van der Waals surface area contributed by atoms with Gasteiger partial charge in [-0.2, -0.15) is 4.31 Å². The zero-order valence-corrected chi connectivity index (χ0v) is 12.1. The first kappa shape index (κ1) is 15.0. The molecule has 110 valence electrons. The molecule has 0 saturated carbocycles. The first-order valence-electron chi connectivity index (χ1n) is 6.81. The van der Waals surface area contributed by atoms with Crippen LogP contribution in [0.2, 0.25) is 0 Å². The minimum absolute atomic E-state index is 0.00716. The van der Waals surface area contributed by atoms with Gasteiger partial charge < -0.3 is 5.11 Å². The number of hydrogen-bond acceptors (Lipinski definition) is 3. The summed E-state index contributed by atoms with van der Waals surface area (Å²) in [5.41, 5.74) is 0.741. The van der Waals surface area contributed by atoms with Gasteiger partial charge in [0.25, 0.3) is 0 Å². The standard InChI is InChI=1S/C14H19NO4S/c16-14(17)8-7-12-5-4-6-13(11-12)20(18,19)15-9-2-1-3-10-15/h4-6,11H,1-3,7-10H2,(H,16,17). The molecule has 1 fully saturated rings.